The van der Waals surface area contributed by atoms with Gasteiger partial charge in [-0.1, -0.05) is 30.9 Å². The summed E-state index contributed by atoms with van der Waals surface area (Å²) in [4.78, 5) is 27.1. The number of alkyl carbamates (subject to hydrolysis) is 2. The first-order valence-corrected chi connectivity index (χ1v) is 8.84. The highest BCUT2D eigenvalue weighted by Crippen LogP contribution is 2.19. The number of ether oxygens (including phenoxy) is 2. The number of amides is 2. The van der Waals surface area contributed by atoms with Crippen LogP contribution in [-0.2, 0) is 15.9 Å². The minimum absolute atomic E-state index is 0.123. The lowest BCUT2D eigenvalue weighted by atomic mass is 10.0. The van der Waals surface area contributed by atoms with Crippen LogP contribution >= 0.6 is 0 Å². The number of H-pyrrole nitrogens is 1. The quantitative estimate of drug-likeness (QED) is 0.648. The van der Waals surface area contributed by atoms with Crippen LogP contribution < -0.4 is 10.6 Å². The molecule has 1 aromatic carbocycles. The van der Waals surface area contributed by atoms with Gasteiger partial charge in [-0.25, -0.2) is 9.59 Å². The molecule has 1 atom stereocenters. The van der Waals surface area contributed by atoms with Crippen LogP contribution in [0.15, 0.2) is 43.1 Å². The number of aromatic amines is 1. The van der Waals surface area contributed by atoms with Crippen molar-refractivity contribution in [2.24, 2.45) is 0 Å². The van der Waals surface area contributed by atoms with Crippen molar-refractivity contribution in [1.29, 1.82) is 0 Å². The topological polar surface area (TPSA) is 92.5 Å². The minimum atomic E-state index is -0.605. The summed E-state index contributed by atoms with van der Waals surface area (Å²) in [5, 5.41) is 6.55. The number of rotatable bonds is 7. The number of hydrogen-bond donors (Lipinski definition) is 3. The van der Waals surface area contributed by atoms with E-state index in [9.17, 15) is 9.59 Å². The molecule has 0 fully saturated rings. The van der Waals surface area contributed by atoms with E-state index in [4.69, 9.17) is 9.47 Å². The van der Waals surface area contributed by atoms with E-state index in [1.807, 2.05) is 30.5 Å². The predicted molar refractivity (Wildman–Crippen MR) is 105 cm³/mol. The first-order chi connectivity index (χ1) is 12.8. The van der Waals surface area contributed by atoms with E-state index in [1.54, 1.807) is 20.8 Å². The van der Waals surface area contributed by atoms with Gasteiger partial charge in [-0.05, 0) is 38.8 Å². The number of aromatic nitrogens is 1. The van der Waals surface area contributed by atoms with E-state index in [-0.39, 0.29) is 19.2 Å². The highest BCUT2D eigenvalue weighted by Gasteiger charge is 2.21. The Hall–Kier alpha value is -2.96. The largest absolute Gasteiger partial charge is 0.445 e. The molecule has 27 heavy (non-hydrogen) atoms. The molecule has 2 rings (SSSR count). The van der Waals surface area contributed by atoms with E-state index >= 15 is 0 Å². The maximum Gasteiger partial charge on any atom is 0.407 e. The van der Waals surface area contributed by atoms with E-state index < -0.39 is 17.8 Å². The molecule has 0 bridgehead atoms. The average Bonchev–Trinajstić information content (AvgIpc) is 2.99. The van der Waals surface area contributed by atoms with Gasteiger partial charge in [0, 0.05) is 23.6 Å². The normalized spacial score (nSPS) is 12.3. The number of hydrogen-bond acceptors (Lipinski definition) is 4. The summed E-state index contributed by atoms with van der Waals surface area (Å²) >= 11 is 0. The molecule has 0 saturated heterocycles. The standard InChI is InChI=1S/C20H27N3O4/c1-5-10-26-18(24)22-13-15(23-19(25)27-20(2,3)4)11-14-12-21-17-9-7-6-8-16(14)17/h5-9,12,15,21H,1,10-11,13H2,2-4H3,(H,22,24)(H,23,25)/t15-/m1/s1. The summed E-state index contributed by atoms with van der Waals surface area (Å²) in [5.74, 6) is 0. The van der Waals surface area contributed by atoms with Gasteiger partial charge < -0.3 is 25.1 Å². The summed E-state index contributed by atoms with van der Waals surface area (Å²) < 4.78 is 10.2. The fourth-order valence-electron chi connectivity index (χ4n) is 2.61. The Morgan fingerprint density at radius 2 is 2.00 bits per heavy atom. The molecule has 1 aromatic heterocycles. The zero-order valence-corrected chi connectivity index (χ0v) is 16.0. The lowest BCUT2D eigenvalue weighted by molar-refractivity contribution is 0.0502. The van der Waals surface area contributed by atoms with Gasteiger partial charge in [-0.2, -0.15) is 0 Å². The van der Waals surface area contributed by atoms with Crippen LogP contribution in [0.5, 0.6) is 0 Å². The molecule has 0 aliphatic rings. The third-order valence-corrected chi connectivity index (χ3v) is 3.69. The Morgan fingerprint density at radius 3 is 2.70 bits per heavy atom. The number of carbonyl (C=O) groups excluding carboxylic acids is 2. The van der Waals surface area contributed by atoms with Gasteiger partial charge in [0.15, 0.2) is 0 Å². The van der Waals surface area contributed by atoms with Crippen LogP contribution in [0.3, 0.4) is 0 Å². The first kappa shape index (κ1) is 20.4. The van der Waals surface area contributed by atoms with Crippen molar-refractivity contribution in [3.05, 3.63) is 48.7 Å². The first-order valence-electron chi connectivity index (χ1n) is 8.84. The summed E-state index contributed by atoms with van der Waals surface area (Å²) in [6.07, 6.45) is 2.82. The van der Waals surface area contributed by atoms with Gasteiger partial charge in [0.2, 0.25) is 0 Å². The molecule has 0 unspecified atom stereocenters. The molecular weight excluding hydrogens is 346 g/mol. The molecule has 7 heteroatoms. The Kier molecular flexibility index (Phi) is 6.87. The molecule has 1 heterocycles. The van der Waals surface area contributed by atoms with Crippen LogP contribution in [0.25, 0.3) is 10.9 Å². The zero-order valence-electron chi connectivity index (χ0n) is 16.0. The number of carbonyl (C=O) groups is 2. The lowest BCUT2D eigenvalue weighted by Crippen LogP contribution is -2.46. The van der Waals surface area contributed by atoms with Crippen LogP contribution in [0.1, 0.15) is 26.3 Å². The van der Waals surface area contributed by atoms with Gasteiger partial charge in [-0.3, -0.25) is 0 Å². The van der Waals surface area contributed by atoms with E-state index in [0.717, 1.165) is 16.5 Å². The van der Waals surface area contributed by atoms with Gasteiger partial charge in [-0.15, -0.1) is 0 Å². The van der Waals surface area contributed by atoms with Crippen molar-refractivity contribution < 1.29 is 19.1 Å². The lowest BCUT2D eigenvalue weighted by Gasteiger charge is -2.24. The minimum Gasteiger partial charge on any atom is -0.445 e. The van der Waals surface area contributed by atoms with Crippen LogP contribution in [0, 0.1) is 0 Å². The Balaban J connectivity index is 2.07. The number of para-hydroxylation sites is 1. The summed E-state index contributed by atoms with van der Waals surface area (Å²) in [5.41, 5.74) is 1.45. The van der Waals surface area contributed by atoms with Crippen LogP contribution in [0.4, 0.5) is 9.59 Å². The van der Waals surface area contributed by atoms with Crippen molar-refractivity contribution in [3.8, 4) is 0 Å². The smallest absolute Gasteiger partial charge is 0.407 e. The van der Waals surface area contributed by atoms with Crippen LogP contribution in [-0.4, -0.2) is 42.0 Å². The summed E-state index contributed by atoms with van der Waals surface area (Å²) in [7, 11) is 0. The molecule has 2 amide bonds. The van der Waals surface area contributed by atoms with Crippen molar-refractivity contribution in [3.63, 3.8) is 0 Å². The summed E-state index contributed by atoms with van der Waals surface area (Å²) in [6.45, 7) is 9.22. The molecule has 7 nitrogen and oxygen atoms in total. The van der Waals surface area contributed by atoms with E-state index in [2.05, 4.69) is 22.2 Å². The van der Waals surface area contributed by atoms with Crippen molar-refractivity contribution in [1.82, 2.24) is 15.6 Å². The number of fused-ring (bicyclic) bond motifs is 1. The second kappa shape index (κ2) is 9.12. The molecule has 0 aliphatic heterocycles. The molecule has 0 saturated carbocycles. The molecule has 146 valence electrons. The SMILES string of the molecule is C=CCOC(=O)NC[C@@H](Cc1c[nH]c2ccccc12)NC(=O)OC(C)(C)C. The van der Waals surface area contributed by atoms with Gasteiger partial charge in [0.05, 0.1) is 6.04 Å². The fourth-order valence-corrected chi connectivity index (χ4v) is 2.61. The van der Waals surface area contributed by atoms with E-state index in [0.29, 0.717) is 6.42 Å². The molecule has 3 N–H and O–H groups in total. The second-order valence-corrected chi connectivity index (χ2v) is 7.17. The van der Waals surface area contributed by atoms with E-state index in [1.165, 1.54) is 6.08 Å². The molecule has 2 aromatic rings. The summed E-state index contributed by atoms with van der Waals surface area (Å²) in [6, 6.07) is 7.55. The Labute approximate surface area is 159 Å². The average molecular weight is 373 g/mol. The Morgan fingerprint density at radius 1 is 1.26 bits per heavy atom. The third kappa shape index (κ3) is 6.69. The highest BCUT2D eigenvalue weighted by atomic mass is 16.6. The molecule has 0 spiro atoms. The van der Waals surface area contributed by atoms with Gasteiger partial charge in [0.25, 0.3) is 0 Å². The van der Waals surface area contributed by atoms with Crippen molar-refractivity contribution >= 4 is 23.1 Å². The van der Waals surface area contributed by atoms with Crippen molar-refractivity contribution in [2.45, 2.75) is 38.8 Å². The highest BCUT2D eigenvalue weighted by molar-refractivity contribution is 5.83. The maximum atomic E-state index is 12.2. The molecular formula is C20H27N3O4. The maximum absolute atomic E-state index is 12.2. The van der Waals surface area contributed by atoms with Crippen molar-refractivity contribution in [2.75, 3.05) is 13.2 Å². The predicted octanol–water partition coefficient (Wildman–Crippen LogP) is 3.52. The number of nitrogens with one attached hydrogen (secondary N) is 3. The van der Waals surface area contributed by atoms with Gasteiger partial charge in [0.1, 0.15) is 12.2 Å². The molecule has 0 aliphatic carbocycles. The molecule has 0 radical (unpaired) electrons. The monoisotopic (exact) mass is 373 g/mol. The Bertz CT molecular complexity index is 792. The second-order valence-electron chi connectivity index (χ2n) is 7.17. The fraction of sp³-hybridized carbons (Fsp3) is 0.400. The van der Waals surface area contributed by atoms with Crippen LogP contribution in [0.2, 0.25) is 0 Å². The third-order valence-electron chi connectivity index (χ3n) is 3.69. The zero-order chi connectivity index (χ0) is 19.9. The van der Waals surface area contributed by atoms with Gasteiger partial charge >= 0.3 is 12.2 Å². The number of benzene rings is 1.